The maximum atomic E-state index is 12.1. The van der Waals surface area contributed by atoms with E-state index in [2.05, 4.69) is 54.2 Å². The molecule has 26 heavy (non-hydrogen) atoms. The van der Waals surface area contributed by atoms with E-state index in [0.29, 0.717) is 18.5 Å². The third kappa shape index (κ3) is 3.15. The molecule has 1 atom stereocenters. The molecule has 6 heteroatoms. The maximum Gasteiger partial charge on any atom is 0.258 e. The minimum atomic E-state index is -0.0247. The molecule has 136 valence electrons. The van der Waals surface area contributed by atoms with Crippen LogP contribution in [0.2, 0.25) is 0 Å². The second kappa shape index (κ2) is 6.85. The fourth-order valence-corrected chi connectivity index (χ4v) is 4.23. The van der Waals surface area contributed by atoms with Crippen LogP contribution in [0.25, 0.3) is 4.96 Å². The fourth-order valence-electron chi connectivity index (χ4n) is 3.49. The molecule has 0 saturated carbocycles. The van der Waals surface area contributed by atoms with Gasteiger partial charge in [-0.05, 0) is 30.0 Å². The number of fused-ring (bicyclic) bond motifs is 2. The minimum Gasteiger partial charge on any atom is -0.379 e. The molecule has 1 unspecified atom stereocenters. The molecule has 2 aromatic heterocycles. The van der Waals surface area contributed by atoms with E-state index in [1.54, 1.807) is 16.7 Å². The van der Waals surface area contributed by atoms with E-state index >= 15 is 0 Å². The number of aromatic nitrogens is 2. The predicted molar refractivity (Wildman–Crippen MR) is 107 cm³/mol. The second-order valence-corrected chi connectivity index (χ2v) is 8.20. The smallest absolute Gasteiger partial charge is 0.258 e. The highest BCUT2D eigenvalue weighted by Gasteiger charge is 2.26. The van der Waals surface area contributed by atoms with Gasteiger partial charge >= 0.3 is 0 Å². The largest absolute Gasteiger partial charge is 0.379 e. The third-order valence-electron chi connectivity index (χ3n) is 5.36. The van der Waals surface area contributed by atoms with Crippen molar-refractivity contribution in [1.29, 1.82) is 0 Å². The summed E-state index contributed by atoms with van der Waals surface area (Å²) in [5.74, 6) is 0.635. The van der Waals surface area contributed by atoms with Crippen molar-refractivity contribution in [2.24, 2.45) is 5.92 Å². The molecule has 1 aromatic carbocycles. The Bertz CT molecular complexity index is 991. The van der Waals surface area contributed by atoms with Crippen LogP contribution >= 0.6 is 11.3 Å². The van der Waals surface area contributed by atoms with E-state index in [4.69, 9.17) is 0 Å². The normalized spacial score (nSPS) is 15.5. The van der Waals surface area contributed by atoms with E-state index in [9.17, 15) is 4.79 Å². The van der Waals surface area contributed by atoms with Crippen LogP contribution in [0, 0.1) is 5.92 Å². The first kappa shape index (κ1) is 17.2. The zero-order chi connectivity index (χ0) is 18.3. The lowest BCUT2D eigenvalue weighted by Gasteiger charge is -2.27. The van der Waals surface area contributed by atoms with Crippen LogP contribution in [0.4, 0.5) is 5.69 Å². The number of hydrogen-bond acceptors (Lipinski definition) is 5. The fraction of sp³-hybridized carbons (Fsp3) is 0.400. The molecular formula is C20H24N4OS. The lowest BCUT2D eigenvalue weighted by atomic mass is 10.1. The predicted octanol–water partition coefficient (Wildman–Crippen LogP) is 3.73. The van der Waals surface area contributed by atoms with Crippen LogP contribution in [0.5, 0.6) is 0 Å². The van der Waals surface area contributed by atoms with Gasteiger partial charge in [0.25, 0.3) is 5.56 Å². The van der Waals surface area contributed by atoms with Crippen molar-refractivity contribution in [3.8, 4) is 0 Å². The maximum absolute atomic E-state index is 12.1. The third-order valence-corrected chi connectivity index (χ3v) is 6.12. The molecule has 1 N–H and O–H groups in total. The van der Waals surface area contributed by atoms with Gasteiger partial charge in [-0.3, -0.25) is 14.1 Å². The van der Waals surface area contributed by atoms with Crippen LogP contribution in [0.1, 0.15) is 37.6 Å². The summed E-state index contributed by atoms with van der Waals surface area (Å²) in [6.07, 6.45) is 1.76. The Kier molecular flexibility index (Phi) is 4.54. The number of thiazole rings is 1. The Hall–Kier alpha value is -2.18. The molecule has 0 fully saturated rings. The molecule has 1 aliphatic heterocycles. The van der Waals surface area contributed by atoms with Crippen molar-refractivity contribution in [1.82, 2.24) is 14.3 Å². The van der Waals surface area contributed by atoms with Gasteiger partial charge in [0.15, 0.2) is 4.96 Å². The van der Waals surface area contributed by atoms with Crippen molar-refractivity contribution in [3.63, 3.8) is 0 Å². The molecule has 0 radical (unpaired) electrons. The van der Waals surface area contributed by atoms with Crippen molar-refractivity contribution < 1.29 is 0 Å². The highest BCUT2D eigenvalue weighted by atomic mass is 32.1. The minimum absolute atomic E-state index is 0.0247. The molecule has 0 amide bonds. The number of nitrogens with one attached hydrogen (secondary N) is 1. The quantitative estimate of drug-likeness (QED) is 0.746. The summed E-state index contributed by atoms with van der Waals surface area (Å²) in [6, 6.07) is 8.62. The van der Waals surface area contributed by atoms with E-state index in [-0.39, 0.29) is 5.56 Å². The van der Waals surface area contributed by atoms with E-state index in [0.717, 1.165) is 29.4 Å². The zero-order valence-corrected chi connectivity index (χ0v) is 16.2. The van der Waals surface area contributed by atoms with Crippen LogP contribution in [-0.2, 0) is 19.6 Å². The number of rotatable bonds is 5. The Morgan fingerprint density at radius 2 is 2.12 bits per heavy atom. The Balaban J connectivity index is 1.53. The summed E-state index contributed by atoms with van der Waals surface area (Å²) in [5, 5.41) is 5.39. The Labute approximate surface area is 157 Å². The second-order valence-electron chi connectivity index (χ2n) is 7.33. The molecule has 3 aromatic rings. The SMILES string of the molecule is CC(C)C(C)N1Cc2cccc(NCc3cc(=O)n4ccsc4n3)c2C1. The summed E-state index contributed by atoms with van der Waals surface area (Å²) in [6.45, 7) is 9.38. The Morgan fingerprint density at radius 3 is 2.92 bits per heavy atom. The molecule has 4 rings (SSSR count). The van der Waals surface area contributed by atoms with E-state index in [1.807, 2.05) is 5.38 Å². The van der Waals surface area contributed by atoms with Crippen molar-refractivity contribution >= 4 is 22.0 Å². The lowest BCUT2D eigenvalue weighted by Crippen LogP contribution is -2.32. The van der Waals surface area contributed by atoms with Gasteiger partial charge in [-0.2, -0.15) is 0 Å². The van der Waals surface area contributed by atoms with Gasteiger partial charge in [0.2, 0.25) is 0 Å². The monoisotopic (exact) mass is 368 g/mol. The van der Waals surface area contributed by atoms with Crippen LogP contribution in [0.15, 0.2) is 40.6 Å². The van der Waals surface area contributed by atoms with Gasteiger partial charge in [0.05, 0.1) is 12.2 Å². The molecule has 0 aliphatic carbocycles. The average molecular weight is 369 g/mol. The first-order valence-corrected chi connectivity index (χ1v) is 9.95. The first-order chi connectivity index (χ1) is 12.5. The summed E-state index contributed by atoms with van der Waals surface area (Å²) in [7, 11) is 0. The van der Waals surface area contributed by atoms with Gasteiger partial charge in [-0.15, -0.1) is 11.3 Å². The summed E-state index contributed by atoms with van der Waals surface area (Å²) >= 11 is 1.48. The van der Waals surface area contributed by atoms with Gasteiger partial charge < -0.3 is 5.32 Å². The van der Waals surface area contributed by atoms with Gasteiger partial charge in [0.1, 0.15) is 0 Å². The van der Waals surface area contributed by atoms with E-state index < -0.39 is 0 Å². The number of nitrogens with zero attached hydrogens (tertiary/aromatic N) is 3. The molecule has 1 aliphatic rings. The average Bonchev–Trinajstić information content (AvgIpc) is 3.26. The van der Waals surface area contributed by atoms with Gasteiger partial charge in [-0.1, -0.05) is 26.0 Å². The molecule has 3 heterocycles. The summed E-state index contributed by atoms with van der Waals surface area (Å²) < 4.78 is 1.58. The van der Waals surface area contributed by atoms with Crippen LogP contribution in [0.3, 0.4) is 0 Å². The van der Waals surface area contributed by atoms with Gasteiger partial charge in [0, 0.05) is 42.5 Å². The van der Waals surface area contributed by atoms with Crippen molar-refractivity contribution in [2.75, 3.05) is 5.32 Å². The highest BCUT2D eigenvalue weighted by Crippen LogP contribution is 2.32. The lowest BCUT2D eigenvalue weighted by molar-refractivity contribution is 0.170. The topological polar surface area (TPSA) is 49.6 Å². The molecule has 0 spiro atoms. The van der Waals surface area contributed by atoms with Gasteiger partial charge in [-0.25, -0.2) is 4.98 Å². The molecule has 5 nitrogen and oxygen atoms in total. The van der Waals surface area contributed by atoms with Crippen LogP contribution < -0.4 is 10.9 Å². The standard InChI is InChI=1S/C20H24N4OS/c1-13(2)14(3)23-11-15-5-4-6-18(17(15)12-23)21-10-16-9-19(25)24-7-8-26-20(24)22-16/h4-9,13-14,21H,10-12H2,1-3H3. The Morgan fingerprint density at radius 1 is 1.27 bits per heavy atom. The first-order valence-electron chi connectivity index (χ1n) is 9.07. The number of hydrogen-bond donors (Lipinski definition) is 1. The highest BCUT2D eigenvalue weighted by molar-refractivity contribution is 7.15. The molecular weight excluding hydrogens is 344 g/mol. The summed E-state index contributed by atoms with van der Waals surface area (Å²) in [4.78, 5) is 20.0. The molecule has 0 bridgehead atoms. The number of benzene rings is 1. The number of anilines is 1. The van der Waals surface area contributed by atoms with Crippen LogP contribution in [-0.4, -0.2) is 20.3 Å². The van der Waals surface area contributed by atoms with E-state index in [1.165, 1.54) is 22.5 Å². The summed E-state index contributed by atoms with van der Waals surface area (Å²) in [5.41, 5.74) is 4.66. The van der Waals surface area contributed by atoms with Crippen molar-refractivity contribution in [2.45, 2.75) is 46.4 Å². The zero-order valence-electron chi connectivity index (χ0n) is 15.4. The van der Waals surface area contributed by atoms with Crippen molar-refractivity contribution in [3.05, 3.63) is 63.0 Å². The molecule has 0 saturated heterocycles.